The maximum absolute atomic E-state index is 12.8. The number of hydrogen-bond acceptors (Lipinski definition) is 2. The van der Waals surface area contributed by atoms with Crippen LogP contribution in [0.5, 0.6) is 0 Å². The summed E-state index contributed by atoms with van der Waals surface area (Å²) in [5.74, 6) is -0.859. The predicted molar refractivity (Wildman–Crippen MR) is 42.8 cm³/mol. The van der Waals surface area contributed by atoms with Gasteiger partial charge in [0.05, 0.1) is 4.90 Å². The number of sulfonamides is 1. The molecule has 0 amide bonds. The second kappa shape index (κ2) is 5.29. The van der Waals surface area contributed by atoms with Crippen molar-refractivity contribution in [2.24, 2.45) is 0 Å². The van der Waals surface area contributed by atoms with Crippen molar-refractivity contribution in [3.63, 3.8) is 0 Å². The van der Waals surface area contributed by atoms with Crippen molar-refractivity contribution in [2.45, 2.75) is 4.90 Å². The topological polar surface area (TPSA) is 48.2 Å². The summed E-state index contributed by atoms with van der Waals surface area (Å²) in [4.78, 5) is -0.514. The van der Waals surface area contributed by atoms with Crippen LogP contribution in [0.25, 0.3) is 4.24 Å². The molecule has 0 aliphatic carbocycles. The summed E-state index contributed by atoms with van der Waals surface area (Å²) in [5, 5.41) is 0. The zero-order chi connectivity index (χ0) is 9.19. The SMILES string of the molecule is O=S(=O)([N-]Cl)c1ccccc1F.[Na+]. The molecule has 0 atom stereocenters. The van der Waals surface area contributed by atoms with Crippen molar-refractivity contribution in [3.8, 4) is 0 Å². The molecule has 0 N–H and O–H groups in total. The predicted octanol–water partition coefficient (Wildman–Crippen LogP) is -0.954. The van der Waals surface area contributed by atoms with E-state index in [9.17, 15) is 12.8 Å². The summed E-state index contributed by atoms with van der Waals surface area (Å²) >= 11 is 4.77. The summed E-state index contributed by atoms with van der Waals surface area (Å²) in [6, 6.07) is 4.88. The largest absolute Gasteiger partial charge is 1.00 e. The molecule has 1 aromatic carbocycles. The van der Waals surface area contributed by atoms with Crippen LogP contribution in [0.15, 0.2) is 29.2 Å². The van der Waals surface area contributed by atoms with E-state index >= 15 is 0 Å². The van der Waals surface area contributed by atoms with E-state index in [2.05, 4.69) is 4.24 Å². The Kier molecular flexibility index (Phi) is 5.43. The Labute approximate surface area is 103 Å². The molecule has 7 heteroatoms. The number of nitrogens with zero attached hydrogens (tertiary/aromatic N) is 1. The minimum Gasteiger partial charge on any atom is -0.458 e. The molecule has 0 aliphatic heterocycles. The first-order chi connectivity index (χ1) is 5.58. The van der Waals surface area contributed by atoms with Gasteiger partial charge in [-0.15, -0.1) is 0 Å². The fraction of sp³-hybridized carbons (Fsp3) is 0. The third-order valence-corrected chi connectivity index (χ3v) is 2.82. The normalized spacial score (nSPS) is 10.6. The molecule has 0 bridgehead atoms. The van der Waals surface area contributed by atoms with Crippen LogP contribution < -0.4 is 29.6 Å². The smallest absolute Gasteiger partial charge is 0.458 e. The van der Waals surface area contributed by atoms with Gasteiger partial charge in [-0.2, -0.15) is 0 Å². The zero-order valence-corrected chi connectivity index (χ0v) is 10.3. The summed E-state index contributed by atoms with van der Waals surface area (Å²) < 4.78 is 37.1. The molecule has 0 aromatic heterocycles. The maximum Gasteiger partial charge on any atom is 1.00 e. The van der Waals surface area contributed by atoms with Crippen molar-refractivity contribution in [1.82, 2.24) is 0 Å². The van der Waals surface area contributed by atoms with Crippen molar-refractivity contribution >= 4 is 21.8 Å². The second-order valence-corrected chi connectivity index (χ2v) is 3.92. The monoisotopic (exact) mass is 231 g/mol. The Bertz CT molecular complexity index is 384. The van der Waals surface area contributed by atoms with Crippen molar-refractivity contribution in [2.75, 3.05) is 0 Å². The van der Waals surface area contributed by atoms with Gasteiger partial charge in [0.2, 0.25) is 0 Å². The molecule has 0 aliphatic rings. The summed E-state index contributed by atoms with van der Waals surface area (Å²) in [6.45, 7) is 0. The van der Waals surface area contributed by atoms with Gasteiger partial charge >= 0.3 is 29.6 Å². The molecular weight excluding hydrogens is 228 g/mol. The van der Waals surface area contributed by atoms with Gasteiger partial charge in [-0.1, -0.05) is 12.1 Å². The third-order valence-electron chi connectivity index (χ3n) is 1.21. The molecule has 0 saturated carbocycles. The number of hydrogen-bond donors (Lipinski definition) is 0. The number of halogens is 2. The zero-order valence-electron chi connectivity index (χ0n) is 6.74. The number of benzene rings is 1. The minimum absolute atomic E-state index is 0. The summed E-state index contributed by atoms with van der Waals surface area (Å²) in [5.41, 5.74) is 0. The van der Waals surface area contributed by atoms with Crippen molar-refractivity contribution < 1.29 is 42.4 Å². The van der Waals surface area contributed by atoms with Gasteiger partial charge in [0.25, 0.3) is 0 Å². The van der Waals surface area contributed by atoms with E-state index in [0.29, 0.717) is 0 Å². The first-order valence-corrected chi connectivity index (χ1v) is 4.68. The van der Waals surface area contributed by atoms with E-state index in [-0.39, 0.29) is 29.6 Å². The molecule has 0 spiro atoms. The Hall–Kier alpha value is 0.350. The number of rotatable bonds is 2. The molecule has 0 fully saturated rings. The molecule has 13 heavy (non-hydrogen) atoms. The Morgan fingerprint density at radius 2 is 1.85 bits per heavy atom. The summed E-state index contributed by atoms with van der Waals surface area (Å²) in [7, 11) is -4.01. The molecule has 66 valence electrons. The van der Waals surface area contributed by atoms with E-state index < -0.39 is 20.7 Å². The fourth-order valence-corrected chi connectivity index (χ4v) is 1.55. The Morgan fingerprint density at radius 3 is 2.31 bits per heavy atom. The van der Waals surface area contributed by atoms with Crippen LogP contribution in [0.1, 0.15) is 0 Å². The molecule has 3 nitrogen and oxygen atoms in total. The standard InChI is InChI=1S/C6H4ClFNO2S.Na/c7-9-12(10,11)6-4-2-1-3-5(6)8;/h1-4H;/q-1;+1. The van der Waals surface area contributed by atoms with Crippen LogP contribution in [0, 0.1) is 5.82 Å². The van der Waals surface area contributed by atoms with Gasteiger partial charge in [0.15, 0.2) is 0 Å². The third kappa shape index (κ3) is 3.19. The molecule has 1 aromatic rings. The van der Waals surface area contributed by atoms with Crippen LogP contribution in [-0.2, 0) is 10.0 Å². The molecule has 0 saturated heterocycles. The molecule has 0 heterocycles. The van der Waals surface area contributed by atoms with Crippen LogP contribution >= 0.6 is 11.8 Å². The van der Waals surface area contributed by atoms with Gasteiger partial charge in [0.1, 0.15) is 15.8 Å². The van der Waals surface area contributed by atoms with Crippen molar-refractivity contribution in [3.05, 3.63) is 34.3 Å². The van der Waals surface area contributed by atoms with Gasteiger partial charge in [0, 0.05) is 0 Å². The van der Waals surface area contributed by atoms with E-state index in [0.717, 1.165) is 12.1 Å². The van der Waals surface area contributed by atoms with Crippen LogP contribution in [0.4, 0.5) is 4.39 Å². The maximum atomic E-state index is 12.8. The van der Waals surface area contributed by atoms with Crippen LogP contribution in [0.2, 0.25) is 0 Å². The summed E-state index contributed by atoms with van der Waals surface area (Å²) in [6.07, 6.45) is 0. The quantitative estimate of drug-likeness (QED) is 0.616. The fourth-order valence-electron chi connectivity index (χ4n) is 0.691. The average molecular weight is 232 g/mol. The first kappa shape index (κ1) is 13.4. The minimum atomic E-state index is -4.01. The Morgan fingerprint density at radius 1 is 1.31 bits per heavy atom. The second-order valence-electron chi connectivity index (χ2n) is 1.97. The molecule has 1 rings (SSSR count). The Balaban J connectivity index is 0.00000144. The van der Waals surface area contributed by atoms with Crippen LogP contribution in [-0.4, -0.2) is 8.42 Å². The van der Waals surface area contributed by atoms with E-state index in [4.69, 9.17) is 11.8 Å². The van der Waals surface area contributed by atoms with Crippen molar-refractivity contribution in [1.29, 1.82) is 0 Å². The van der Waals surface area contributed by atoms with E-state index in [1.165, 1.54) is 12.1 Å². The molecular formula is C6H4ClFNNaO2S. The van der Waals surface area contributed by atoms with E-state index in [1.54, 1.807) is 0 Å². The van der Waals surface area contributed by atoms with Gasteiger partial charge in [-0.05, 0) is 12.1 Å². The van der Waals surface area contributed by atoms with Crippen LogP contribution in [0.3, 0.4) is 0 Å². The van der Waals surface area contributed by atoms with Gasteiger partial charge in [-0.3, -0.25) is 11.8 Å². The average Bonchev–Trinajstić information content (AvgIpc) is 2.05. The first-order valence-electron chi connectivity index (χ1n) is 2.91. The molecule has 0 radical (unpaired) electrons. The van der Waals surface area contributed by atoms with Gasteiger partial charge < -0.3 is 4.24 Å². The molecule has 0 unspecified atom stereocenters. The van der Waals surface area contributed by atoms with Gasteiger partial charge in [-0.25, -0.2) is 12.8 Å². The van der Waals surface area contributed by atoms with E-state index in [1.807, 2.05) is 0 Å².